The van der Waals surface area contributed by atoms with Crippen molar-refractivity contribution in [1.82, 2.24) is 14.5 Å². The van der Waals surface area contributed by atoms with Gasteiger partial charge in [-0.15, -0.1) is 0 Å². The second-order valence-corrected chi connectivity index (χ2v) is 11.6. The molecule has 0 N–H and O–H groups in total. The van der Waals surface area contributed by atoms with Crippen LogP contribution in [0.2, 0.25) is 0 Å². The molecule has 7 rings (SSSR count). The summed E-state index contributed by atoms with van der Waals surface area (Å²) >= 11 is 0. The number of rotatable bonds is 6. The summed E-state index contributed by atoms with van der Waals surface area (Å²) in [4.78, 5) is 9.02. The van der Waals surface area contributed by atoms with Crippen LogP contribution in [0.1, 0.15) is 56.2 Å². The Bertz CT molecular complexity index is 2060. The number of imidazole rings is 1. The molecule has 0 bridgehead atoms. The molecule has 0 radical (unpaired) electrons. The quantitative estimate of drug-likeness (QED) is 0.192. The average molecular weight is 554 g/mol. The van der Waals surface area contributed by atoms with Crippen molar-refractivity contribution in [2.45, 2.75) is 46.1 Å². The van der Waals surface area contributed by atoms with Crippen LogP contribution < -0.4 is 0 Å². The standard InChI is InChI=1S/C37H32FN3O/c1-22(2)28-17-25(24-11-6-5-7-12-24)18-29(23(3)4)31(28)21-41-33-16-9-8-15-32(33)40-37(41)27-14-10-13-26-30-20-39-35(38)19-34(30)42-36(26)27/h5-20,22-23H,21H2,1-4H3. The summed E-state index contributed by atoms with van der Waals surface area (Å²) in [5, 5.41) is 1.68. The van der Waals surface area contributed by atoms with Crippen molar-refractivity contribution >= 4 is 33.0 Å². The highest BCUT2D eigenvalue weighted by Crippen LogP contribution is 2.39. The van der Waals surface area contributed by atoms with Gasteiger partial charge in [0.2, 0.25) is 5.95 Å². The average Bonchev–Trinajstić information content (AvgIpc) is 3.55. The highest BCUT2D eigenvalue weighted by molar-refractivity contribution is 6.09. The molecular formula is C37H32FN3O. The Morgan fingerprint density at radius 2 is 1.48 bits per heavy atom. The Labute approximate surface area is 244 Å². The molecule has 4 aromatic carbocycles. The molecule has 4 nitrogen and oxygen atoms in total. The first-order chi connectivity index (χ1) is 20.4. The van der Waals surface area contributed by atoms with E-state index in [2.05, 4.69) is 97.9 Å². The third kappa shape index (κ3) is 4.37. The van der Waals surface area contributed by atoms with Crippen LogP contribution in [0.25, 0.3) is 55.5 Å². The second kappa shape index (κ2) is 10.3. The molecule has 0 saturated heterocycles. The summed E-state index contributed by atoms with van der Waals surface area (Å²) in [5.74, 6) is 0.934. The molecule has 0 atom stereocenters. The van der Waals surface area contributed by atoms with E-state index in [0.29, 0.717) is 29.5 Å². The van der Waals surface area contributed by atoms with Gasteiger partial charge in [-0.3, -0.25) is 0 Å². The zero-order chi connectivity index (χ0) is 29.0. The summed E-state index contributed by atoms with van der Waals surface area (Å²) in [5.41, 5.74) is 10.5. The number of hydrogen-bond acceptors (Lipinski definition) is 3. The smallest absolute Gasteiger partial charge is 0.216 e. The van der Waals surface area contributed by atoms with E-state index in [1.54, 1.807) is 6.20 Å². The molecule has 0 saturated carbocycles. The second-order valence-electron chi connectivity index (χ2n) is 11.6. The number of aromatic nitrogens is 3. The van der Waals surface area contributed by atoms with Crippen molar-refractivity contribution in [1.29, 1.82) is 0 Å². The first-order valence-corrected chi connectivity index (χ1v) is 14.5. The monoisotopic (exact) mass is 553 g/mol. The molecule has 3 aromatic heterocycles. The number of pyridine rings is 1. The molecule has 0 aliphatic rings. The summed E-state index contributed by atoms with van der Waals surface area (Å²) in [6.45, 7) is 9.75. The molecule has 3 heterocycles. The first-order valence-electron chi connectivity index (χ1n) is 14.5. The molecule has 0 spiro atoms. The van der Waals surface area contributed by atoms with E-state index in [1.807, 2.05) is 24.3 Å². The van der Waals surface area contributed by atoms with Crippen LogP contribution in [0, 0.1) is 5.95 Å². The lowest BCUT2D eigenvalue weighted by Gasteiger charge is -2.23. The van der Waals surface area contributed by atoms with Crippen LogP contribution in [-0.2, 0) is 6.54 Å². The van der Waals surface area contributed by atoms with Crippen LogP contribution in [0.15, 0.2) is 102 Å². The van der Waals surface area contributed by atoms with E-state index < -0.39 is 5.95 Å². The fourth-order valence-corrected chi connectivity index (χ4v) is 6.17. The first kappa shape index (κ1) is 26.1. The Morgan fingerprint density at radius 3 is 2.21 bits per heavy atom. The van der Waals surface area contributed by atoms with Crippen molar-refractivity contribution in [2.75, 3.05) is 0 Å². The minimum absolute atomic E-state index is 0.334. The van der Waals surface area contributed by atoms with Crippen molar-refractivity contribution in [3.05, 3.63) is 120 Å². The van der Waals surface area contributed by atoms with Crippen LogP contribution in [0.3, 0.4) is 0 Å². The number of halogens is 1. The molecule has 0 aliphatic heterocycles. The SMILES string of the molecule is CC(C)c1cc(-c2ccccc2)cc(C(C)C)c1Cn1c(-c2cccc3c2oc2cc(F)ncc23)nc2ccccc21. The number of nitrogens with zero attached hydrogens (tertiary/aromatic N) is 3. The number of benzene rings is 4. The van der Waals surface area contributed by atoms with Crippen LogP contribution in [0.4, 0.5) is 4.39 Å². The number of furan rings is 1. The van der Waals surface area contributed by atoms with Gasteiger partial charge in [0, 0.05) is 23.0 Å². The number of hydrogen-bond donors (Lipinski definition) is 0. The Balaban J connectivity index is 1.47. The maximum atomic E-state index is 14.0. The molecule has 5 heteroatoms. The van der Waals surface area contributed by atoms with E-state index in [-0.39, 0.29) is 0 Å². The fraction of sp³-hybridized carbons (Fsp3) is 0.189. The molecule has 208 valence electrons. The van der Waals surface area contributed by atoms with Crippen molar-refractivity contribution in [3.8, 4) is 22.5 Å². The van der Waals surface area contributed by atoms with Gasteiger partial charge in [-0.25, -0.2) is 9.97 Å². The van der Waals surface area contributed by atoms with Gasteiger partial charge < -0.3 is 8.98 Å². The van der Waals surface area contributed by atoms with E-state index in [9.17, 15) is 4.39 Å². The highest BCUT2D eigenvalue weighted by atomic mass is 19.1. The van der Waals surface area contributed by atoms with E-state index in [0.717, 1.165) is 33.2 Å². The third-order valence-electron chi connectivity index (χ3n) is 8.23. The van der Waals surface area contributed by atoms with E-state index >= 15 is 0 Å². The minimum Gasteiger partial charge on any atom is -0.455 e. The zero-order valence-electron chi connectivity index (χ0n) is 24.2. The molecule has 7 aromatic rings. The predicted octanol–water partition coefficient (Wildman–Crippen LogP) is 10.1. The van der Waals surface area contributed by atoms with Crippen molar-refractivity contribution in [2.24, 2.45) is 0 Å². The normalized spacial score (nSPS) is 12.0. The maximum Gasteiger partial charge on any atom is 0.216 e. The summed E-state index contributed by atoms with van der Waals surface area (Å²) in [6.07, 6.45) is 1.54. The lowest BCUT2D eigenvalue weighted by atomic mass is 9.85. The van der Waals surface area contributed by atoms with Gasteiger partial charge >= 0.3 is 0 Å². The van der Waals surface area contributed by atoms with Gasteiger partial charge in [0.25, 0.3) is 0 Å². The molecule has 0 unspecified atom stereocenters. The van der Waals surface area contributed by atoms with Gasteiger partial charge in [-0.05, 0) is 57.9 Å². The minimum atomic E-state index is -0.559. The van der Waals surface area contributed by atoms with Gasteiger partial charge in [0.05, 0.1) is 23.1 Å². The molecule has 0 aliphatic carbocycles. The molecule has 0 fully saturated rings. The number of para-hydroxylation sites is 3. The van der Waals surface area contributed by atoms with Crippen molar-refractivity contribution < 1.29 is 8.81 Å². The highest BCUT2D eigenvalue weighted by Gasteiger charge is 2.22. The Kier molecular flexibility index (Phi) is 6.38. The lowest BCUT2D eigenvalue weighted by Crippen LogP contribution is -2.11. The van der Waals surface area contributed by atoms with Crippen LogP contribution in [0.5, 0.6) is 0 Å². The largest absolute Gasteiger partial charge is 0.455 e. The van der Waals surface area contributed by atoms with E-state index in [4.69, 9.17) is 9.40 Å². The van der Waals surface area contributed by atoms with Crippen LogP contribution >= 0.6 is 0 Å². The third-order valence-corrected chi connectivity index (χ3v) is 8.23. The zero-order valence-corrected chi connectivity index (χ0v) is 24.2. The van der Waals surface area contributed by atoms with Gasteiger partial charge in [0.1, 0.15) is 17.0 Å². The predicted molar refractivity (Wildman–Crippen MR) is 169 cm³/mol. The van der Waals surface area contributed by atoms with Gasteiger partial charge in [0.15, 0.2) is 0 Å². The lowest BCUT2D eigenvalue weighted by molar-refractivity contribution is 0.579. The van der Waals surface area contributed by atoms with Crippen LogP contribution in [-0.4, -0.2) is 14.5 Å². The Hall–Kier alpha value is -4.77. The molecular weight excluding hydrogens is 521 g/mol. The molecule has 0 amide bonds. The fourth-order valence-electron chi connectivity index (χ4n) is 6.17. The molecule has 42 heavy (non-hydrogen) atoms. The maximum absolute atomic E-state index is 14.0. The summed E-state index contributed by atoms with van der Waals surface area (Å²) in [6, 6.07) is 31.0. The van der Waals surface area contributed by atoms with Gasteiger partial charge in [-0.1, -0.05) is 94.4 Å². The summed E-state index contributed by atoms with van der Waals surface area (Å²) in [7, 11) is 0. The topological polar surface area (TPSA) is 43.9 Å². The van der Waals surface area contributed by atoms with Gasteiger partial charge in [-0.2, -0.15) is 4.39 Å². The Morgan fingerprint density at radius 1 is 0.762 bits per heavy atom. The van der Waals surface area contributed by atoms with Crippen molar-refractivity contribution in [3.63, 3.8) is 0 Å². The van der Waals surface area contributed by atoms with E-state index in [1.165, 1.54) is 33.9 Å². The summed E-state index contributed by atoms with van der Waals surface area (Å²) < 4.78 is 22.6. The number of fused-ring (bicyclic) bond motifs is 4.